The SMILES string of the molecule is CC(O)c1c(O)ccc(F)c1F. The number of aliphatic hydroxyl groups excluding tert-OH is 1. The van der Waals surface area contributed by atoms with E-state index >= 15 is 0 Å². The molecule has 1 aromatic carbocycles. The van der Waals surface area contributed by atoms with E-state index in [9.17, 15) is 8.78 Å². The zero-order chi connectivity index (χ0) is 9.30. The maximum absolute atomic E-state index is 12.8. The highest BCUT2D eigenvalue weighted by Crippen LogP contribution is 2.27. The van der Waals surface area contributed by atoms with Gasteiger partial charge in [-0.05, 0) is 19.1 Å². The molecule has 1 rings (SSSR count). The van der Waals surface area contributed by atoms with Crippen LogP contribution in [-0.4, -0.2) is 10.2 Å². The fourth-order valence-electron chi connectivity index (χ4n) is 0.954. The van der Waals surface area contributed by atoms with Crippen molar-refractivity contribution in [2.75, 3.05) is 0 Å². The fourth-order valence-corrected chi connectivity index (χ4v) is 0.954. The summed E-state index contributed by atoms with van der Waals surface area (Å²) in [5, 5.41) is 18.0. The summed E-state index contributed by atoms with van der Waals surface area (Å²) in [6.45, 7) is 1.25. The summed E-state index contributed by atoms with van der Waals surface area (Å²) in [6.07, 6.45) is -1.22. The molecule has 0 aromatic heterocycles. The topological polar surface area (TPSA) is 40.5 Å². The Morgan fingerprint density at radius 1 is 1.33 bits per heavy atom. The number of phenols is 1. The molecule has 2 N–H and O–H groups in total. The zero-order valence-electron chi connectivity index (χ0n) is 6.38. The molecule has 0 radical (unpaired) electrons. The Bertz CT molecular complexity index is 297. The van der Waals surface area contributed by atoms with Crippen LogP contribution in [0.15, 0.2) is 12.1 Å². The van der Waals surface area contributed by atoms with Crippen LogP contribution < -0.4 is 0 Å². The molecule has 0 fully saturated rings. The van der Waals surface area contributed by atoms with E-state index in [1.54, 1.807) is 0 Å². The quantitative estimate of drug-likeness (QED) is 0.680. The Hall–Kier alpha value is -1.16. The van der Waals surface area contributed by atoms with E-state index in [2.05, 4.69) is 0 Å². The molecule has 0 aliphatic carbocycles. The van der Waals surface area contributed by atoms with Gasteiger partial charge in [0.2, 0.25) is 0 Å². The Labute approximate surface area is 68.1 Å². The standard InChI is InChI=1S/C8H8F2O2/c1-4(11)7-6(12)3-2-5(9)8(7)10/h2-4,11-12H,1H3. The van der Waals surface area contributed by atoms with Gasteiger partial charge in [0.1, 0.15) is 5.75 Å². The molecule has 1 unspecified atom stereocenters. The van der Waals surface area contributed by atoms with E-state index in [-0.39, 0.29) is 0 Å². The van der Waals surface area contributed by atoms with Gasteiger partial charge >= 0.3 is 0 Å². The summed E-state index contributed by atoms with van der Waals surface area (Å²) in [6, 6.07) is 1.80. The van der Waals surface area contributed by atoms with E-state index in [1.165, 1.54) is 6.92 Å². The lowest BCUT2D eigenvalue weighted by Crippen LogP contribution is -1.98. The van der Waals surface area contributed by atoms with Crippen LogP contribution in [0.4, 0.5) is 8.78 Å². The predicted octanol–water partition coefficient (Wildman–Crippen LogP) is 1.72. The van der Waals surface area contributed by atoms with Crippen LogP contribution in [0.1, 0.15) is 18.6 Å². The highest BCUT2D eigenvalue weighted by atomic mass is 19.2. The van der Waals surface area contributed by atoms with Gasteiger partial charge in [-0.25, -0.2) is 8.78 Å². The number of benzene rings is 1. The molecule has 0 amide bonds. The monoisotopic (exact) mass is 174 g/mol. The van der Waals surface area contributed by atoms with Crippen LogP contribution in [0.25, 0.3) is 0 Å². The number of hydrogen-bond donors (Lipinski definition) is 2. The largest absolute Gasteiger partial charge is 0.507 e. The maximum atomic E-state index is 12.8. The van der Waals surface area contributed by atoms with Gasteiger partial charge in [0.05, 0.1) is 11.7 Å². The second kappa shape index (κ2) is 3.06. The zero-order valence-corrected chi connectivity index (χ0v) is 6.38. The molecule has 0 aliphatic rings. The second-order valence-corrected chi connectivity index (χ2v) is 2.47. The molecule has 12 heavy (non-hydrogen) atoms. The van der Waals surface area contributed by atoms with Crippen molar-refractivity contribution in [2.45, 2.75) is 13.0 Å². The van der Waals surface area contributed by atoms with E-state index in [0.29, 0.717) is 0 Å². The van der Waals surface area contributed by atoms with Crippen LogP contribution in [0.3, 0.4) is 0 Å². The van der Waals surface area contributed by atoms with Gasteiger partial charge in [0, 0.05) is 0 Å². The van der Waals surface area contributed by atoms with E-state index in [1.807, 2.05) is 0 Å². The average Bonchev–Trinajstić information content (AvgIpc) is 1.97. The third-order valence-corrected chi connectivity index (χ3v) is 1.53. The van der Waals surface area contributed by atoms with Gasteiger partial charge in [-0.15, -0.1) is 0 Å². The molecule has 0 aliphatic heterocycles. The van der Waals surface area contributed by atoms with Gasteiger partial charge in [0.25, 0.3) is 0 Å². The summed E-state index contributed by atoms with van der Waals surface area (Å²) in [4.78, 5) is 0. The fraction of sp³-hybridized carbons (Fsp3) is 0.250. The van der Waals surface area contributed by atoms with E-state index in [0.717, 1.165) is 12.1 Å². The van der Waals surface area contributed by atoms with Crippen molar-refractivity contribution in [1.29, 1.82) is 0 Å². The molecule has 0 saturated heterocycles. The number of hydrogen-bond acceptors (Lipinski definition) is 2. The van der Waals surface area contributed by atoms with E-state index in [4.69, 9.17) is 10.2 Å². The third-order valence-electron chi connectivity index (χ3n) is 1.53. The lowest BCUT2D eigenvalue weighted by molar-refractivity contribution is 0.188. The van der Waals surface area contributed by atoms with Crippen molar-refractivity contribution in [1.82, 2.24) is 0 Å². The molecule has 66 valence electrons. The summed E-state index contributed by atoms with van der Waals surface area (Å²) in [5.41, 5.74) is -0.407. The van der Waals surface area contributed by atoms with Crippen LogP contribution in [0.2, 0.25) is 0 Å². The van der Waals surface area contributed by atoms with Crippen molar-refractivity contribution in [3.8, 4) is 5.75 Å². The second-order valence-electron chi connectivity index (χ2n) is 2.47. The predicted molar refractivity (Wildman–Crippen MR) is 38.7 cm³/mol. The molecule has 0 heterocycles. The average molecular weight is 174 g/mol. The molecule has 1 aromatic rings. The van der Waals surface area contributed by atoms with Crippen LogP contribution >= 0.6 is 0 Å². The molecule has 0 spiro atoms. The summed E-state index contributed by atoms with van der Waals surface area (Å²) in [5.74, 6) is -2.72. The van der Waals surface area contributed by atoms with Gasteiger partial charge in [-0.1, -0.05) is 0 Å². The van der Waals surface area contributed by atoms with Crippen LogP contribution in [-0.2, 0) is 0 Å². The lowest BCUT2D eigenvalue weighted by atomic mass is 10.1. The lowest BCUT2D eigenvalue weighted by Gasteiger charge is -2.08. The molecular formula is C8H8F2O2. The minimum atomic E-state index is -1.22. The first-order valence-corrected chi connectivity index (χ1v) is 3.39. The summed E-state index contributed by atoms with van der Waals surface area (Å²) in [7, 11) is 0. The minimum Gasteiger partial charge on any atom is -0.507 e. The first kappa shape index (κ1) is 8.93. The summed E-state index contributed by atoms with van der Waals surface area (Å²) < 4.78 is 25.3. The number of aliphatic hydroxyl groups is 1. The van der Waals surface area contributed by atoms with Gasteiger partial charge in [-0.2, -0.15) is 0 Å². The molecular weight excluding hydrogens is 166 g/mol. The molecule has 1 atom stereocenters. The molecule has 0 saturated carbocycles. The number of rotatable bonds is 1. The Morgan fingerprint density at radius 3 is 2.33 bits per heavy atom. The van der Waals surface area contributed by atoms with Crippen molar-refractivity contribution < 1.29 is 19.0 Å². The van der Waals surface area contributed by atoms with Gasteiger partial charge in [0.15, 0.2) is 11.6 Å². The normalized spacial score (nSPS) is 13.0. The Balaban J connectivity index is 3.33. The maximum Gasteiger partial charge on any atom is 0.168 e. The highest BCUT2D eigenvalue weighted by molar-refractivity contribution is 5.35. The van der Waals surface area contributed by atoms with Crippen molar-refractivity contribution >= 4 is 0 Å². The van der Waals surface area contributed by atoms with Crippen molar-refractivity contribution in [2.24, 2.45) is 0 Å². The minimum absolute atomic E-state index is 0.407. The van der Waals surface area contributed by atoms with Crippen molar-refractivity contribution in [3.63, 3.8) is 0 Å². The van der Waals surface area contributed by atoms with E-state index < -0.39 is 29.1 Å². The number of halogens is 2. The first-order valence-electron chi connectivity index (χ1n) is 3.39. The number of aromatic hydroxyl groups is 1. The highest BCUT2D eigenvalue weighted by Gasteiger charge is 2.16. The molecule has 4 heteroatoms. The van der Waals surface area contributed by atoms with Crippen molar-refractivity contribution in [3.05, 3.63) is 29.3 Å². The first-order chi connectivity index (χ1) is 5.54. The smallest absolute Gasteiger partial charge is 0.168 e. The third kappa shape index (κ3) is 1.38. The van der Waals surface area contributed by atoms with Gasteiger partial charge < -0.3 is 10.2 Å². The Morgan fingerprint density at radius 2 is 1.92 bits per heavy atom. The van der Waals surface area contributed by atoms with Crippen LogP contribution in [0, 0.1) is 11.6 Å². The van der Waals surface area contributed by atoms with Crippen LogP contribution in [0.5, 0.6) is 5.75 Å². The number of phenolic OH excluding ortho intramolecular Hbond substituents is 1. The summed E-state index contributed by atoms with van der Waals surface area (Å²) >= 11 is 0. The van der Waals surface area contributed by atoms with Gasteiger partial charge in [-0.3, -0.25) is 0 Å². The molecule has 2 nitrogen and oxygen atoms in total. The Kier molecular flexibility index (Phi) is 2.28. The molecule has 0 bridgehead atoms.